The Morgan fingerprint density at radius 3 is 2.87 bits per heavy atom. The van der Waals surface area contributed by atoms with Gasteiger partial charge < -0.3 is 9.63 Å². The van der Waals surface area contributed by atoms with Crippen LogP contribution in [0.2, 0.25) is 0 Å². The van der Waals surface area contributed by atoms with Gasteiger partial charge in [0.15, 0.2) is 5.76 Å². The van der Waals surface area contributed by atoms with Gasteiger partial charge in [0.1, 0.15) is 0 Å². The maximum absolute atomic E-state index is 11.3. The van der Waals surface area contributed by atoms with Gasteiger partial charge in [0.2, 0.25) is 10.0 Å². The lowest BCUT2D eigenvalue weighted by Gasteiger charge is -2.02. The number of aliphatic hydroxyl groups excluding tert-OH is 1. The molecule has 0 aliphatic rings. The van der Waals surface area contributed by atoms with Gasteiger partial charge in [-0.25, -0.2) is 13.1 Å². The third kappa shape index (κ3) is 4.41. The molecule has 1 heterocycles. The first-order chi connectivity index (χ1) is 7.03. The maximum Gasteiger partial charge on any atom is 0.212 e. The molecular weight excluding hydrogens is 220 g/mol. The monoisotopic (exact) mass is 234 g/mol. The summed E-state index contributed by atoms with van der Waals surface area (Å²) in [6.45, 7) is 1.71. The fraction of sp³-hybridized carbons (Fsp3) is 0.625. The lowest BCUT2D eigenvalue weighted by Crippen LogP contribution is -2.26. The van der Waals surface area contributed by atoms with Gasteiger partial charge in [-0.1, -0.05) is 5.16 Å². The zero-order chi connectivity index (χ0) is 11.3. The SMILES string of the molecule is Cc1cc(CNS(=O)(=O)CCCO)on1. The van der Waals surface area contributed by atoms with Gasteiger partial charge >= 0.3 is 0 Å². The molecule has 0 unspecified atom stereocenters. The van der Waals surface area contributed by atoms with E-state index in [-0.39, 0.29) is 25.3 Å². The van der Waals surface area contributed by atoms with E-state index < -0.39 is 10.0 Å². The molecule has 0 radical (unpaired) electrons. The third-order valence-corrected chi connectivity index (χ3v) is 3.12. The van der Waals surface area contributed by atoms with Crippen LogP contribution in [-0.4, -0.2) is 31.0 Å². The van der Waals surface area contributed by atoms with Crippen molar-refractivity contribution in [3.63, 3.8) is 0 Å². The molecule has 0 saturated carbocycles. The highest BCUT2D eigenvalue weighted by molar-refractivity contribution is 7.89. The Kier molecular flexibility index (Phi) is 4.25. The highest BCUT2D eigenvalue weighted by Gasteiger charge is 2.10. The van der Waals surface area contributed by atoms with Crippen LogP contribution >= 0.6 is 0 Å². The third-order valence-electron chi connectivity index (χ3n) is 1.71. The first-order valence-corrected chi connectivity index (χ1v) is 6.19. The number of rotatable bonds is 6. The Morgan fingerprint density at radius 1 is 1.60 bits per heavy atom. The van der Waals surface area contributed by atoms with Gasteiger partial charge in [-0.05, 0) is 13.3 Å². The molecule has 0 saturated heterocycles. The minimum absolute atomic E-state index is 0.0867. The van der Waals surface area contributed by atoms with Crippen molar-refractivity contribution in [2.24, 2.45) is 0 Å². The zero-order valence-corrected chi connectivity index (χ0v) is 9.25. The zero-order valence-electron chi connectivity index (χ0n) is 8.43. The second-order valence-corrected chi connectivity index (χ2v) is 5.08. The van der Waals surface area contributed by atoms with E-state index in [1.807, 2.05) is 0 Å². The highest BCUT2D eigenvalue weighted by atomic mass is 32.2. The van der Waals surface area contributed by atoms with Gasteiger partial charge in [-0.2, -0.15) is 0 Å². The fourth-order valence-corrected chi connectivity index (χ4v) is 2.02. The van der Waals surface area contributed by atoms with E-state index in [1.165, 1.54) is 0 Å². The smallest absolute Gasteiger partial charge is 0.212 e. The number of nitrogens with zero attached hydrogens (tertiary/aromatic N) is 1. The molecule has 1 aromatic rings. The van der Waals surface area contributed by atoms with Crippen molar-refractivity contribution >= 4 is 10.0 Å². The molecule has 6 nitrogen and oxygen atoms in total. The molecule has 0 aliphatic heterocycles. The number of nitrogens with one attached hydrogen (secondary N) is 1. The highest BCUT2D eigenvalue weighted by Crippen LogP contribution is 2.02. The predicted octanol–water partition coefficient (Wildman–Crippen LogP) is -0.215. The molecule has 1 rings (SSSR count). The summed E-state index contributed by atoms with van der Waals surface area (Å²) in [5.74, 6) is 0.386. The first-order valence-electron chi connectivity index (χ1n) is 4.54. The summed E-state index contributed by atoms with van der Waals surface area (Å²) in [6, 6.07) is 1.66. The van der Waals surface area contributed by atoms with Crippen molar-refractivity contribution in [2.45, 2.75) is 19.9 Å². The van der Waals surface area contributed by atoms with Crippen molar-refractivity contribution in [1.29, 1.82) is 0 Å². The molecule has 15 heavy (non-hydrogen) atoms. The Balaban J connectivity index is 2.42. The maximum atomic E-state index is 11.3. The second kappa shape index (κ2) is 5.24. The van der Waals surface area contributed by atoms with Crippen molar-refractivity contribution < 1.29 is 18.0 Å². The minimum Gasteiger partial charge on any atom is -0.396 e. The Bertz CT molecular complexity index is 399. The quantitative estimate of drug-likeness (QED) is 0.710. The van der Waals surface area contributed by atoms with E-state index in [0.717, 1.165) is 0 Å². The Labute approximate surface area is 88.3 Å². The lowest BCUT2D eigenvalue weighted by molar-refractivity contribution is 0.295. The average molecular weight is 234 g/mol. The van der Waals surface area contributed by atoms with E-state index in [1.54, 1.807) is 13.0 Å². The number of aliphatic hydroxyl groups is 1. The largest absolute Gasteiger partial charge is 0.396 e. The number of aryl methyl sites for hydroxylation is 1. The van der Waals surface area contributed by atoms with Crippen molar-refractivity contribution in [3.8, 4) is 0 Å². The Hall–Kier alpha value is -0.920. The van der Waals surface area contributed by atoms with Crippen LogP contribution < -0.4 is 4.72 Å². The van der Waals surface area contributed by atoms with Gasteiger partial charge in [-0.15, -0.1) is 0 Å². The lowest BCUT2D eigenvalue weighted by atomic mass is 10.4. The van der Waals surface area contributed by atoms with E-state index in [4.69, 9.17) is 9.63 Å². The van der Waals surface area contributed by atoms with Crippen LogP contribution in [0.25, 0.3) is 0 Å². The number of aromatic nitrogens is 1. The van der Waals surface area contributed by atoms with Crippen molar-refractivity contribution in [2.75, 3.05) is 12.4 Å². The average Bonchev–Trinajstić information content (AvgIpc) is 2.59. The molecule has 7 heteroatoms. The van der Waals surface area contributed by atoms with Gasteiger partial charge in [-0.3, -0.25) is 0 Å². The second-order valence-electron chi connectivity index (χ2n) is 3.15. The molecular formula is C8H14N2O4S. The summed E-state index contributed by atoms with van der Waals surface area (Å²) in [5.41, 5.74) is 0.708. The fourth-order valence-electron chi connectivity index (χ4n) is 1.01. The summed E-state index contributed by atoms with van der Waals surface area (Å²) in [5, 5.41) is 12.1. The predicted molar refractivity (Wildman–Crippen MR) is 53.6 cm³/mol. The normalized spacial score (nSPS) is 11.9. The summed E-state index contributed by atoms with van der Waals surface area (Å²) in [6.07, 6.45) is 0.227. The molecule has 0 fully saturated rings. The molecule has 0 aliphatic carbocycles. The van der Waals surface area contributed by atoms with E-state index in [2.05, 4.69) is 9.88 Å². The molecule has 86 valence electrons. The summed E-state index contributed by atoms with van der Waals surface area (Å²) >= 11 is 0. The van der Waals surface area contributed by atoms with E-state index >= 15 is 0 Å². The number of hydrogen-bond acceptors (Lipinski definition) is 5. The molecule has 1 aromatic heterocycles. The van der Waals surface area contributed by atoms with Crippen LogP contribution in [0.15, 0.2) is 10.6 Å². The minimum atomic E-state index is -3.33. The number of hydrogen-bond donors (Lipinski definition) is 2. The van der Waals surface area contributed by atoms with Crippen LogP contribution in [-0.2, 0) is 16.6 Å². The molecule has 0 spiro atoms. The van der Waals surface area contributed by atoms with E-state index in [9.17, 15) is 8.42 Å². The molecule has 2 N–H and O–H groups in total. The molecule has 0 bridgehead atoms. The van der Waals surface area contributed by atoms with Crippen molar-refractivity contribution in [3.05, 3.63) is 17.5 Å². The van der Waals surface area contributed by atoms with Crippen LogP contribution in [0.5, 0.6) is 0 Å². The molecule has 0 aromatic carbocycles. The van der Waals surface area contributed by atoms with Crippen LogP contribution in [0, 0.1) is 6.92 Å². The van der Waals surface area contributed by atoms with Crippen LogP contribution in [0.3, 0.4) is 0 Å². The van der Waals surface area contributed by atoms with Crippen LogP contribution in [0.4, 0.5) is 0 Å². The summed E-state index contributed by atoms with van der Waals surface area (Å²) < 4.78 is 29.8. The topological polar surface area (TPSA) is 92.4 Å². The molecule has 0 atom stereocenters. The standard InChI is InChI=1S/C8H14N2O4S/c1-7-5-8(14-10-7)6-9-15(12,13)4-2-3-11/h5,9,11H,2-4,6H2,1H3. The summed E-state index contributed by atoms with van der Waals surface area (Å²) in [4.78, 5) is 0. The van der Waals surface area contributed by atoms with Gasteiger partial charge in [0, 0.05) is 12.7 Å². The van der Waals surface area contributed by atoms with E-state index in [0.29, 0.717) is 11.5 Å². The van der Waals surface area contributed by atoms with Crippen molar-refractivity contribution in [1.82, 2.24) is 9.88 Å². The molecule has 0 amide bonds. The number of sulfonamides is 1. The Morgan fingerprint density at radius 2 is 2.33 bits per heavy atom. The first kappa shape index (κ1) is 12.2. The van der Waals surface area contributed by atoms with Gasteiger partial charge in [0.05, 0.1) is 18.0 Å². The van der Waals surface area contributed by atoms with Crippen LogP contribution in [0.1, 0.15) is 17.9 Å². The van der Waals surface area contributed by atoms with Gasteiger partial charge in [0.25, 0.3) is 0 Å². The summed E-state index contributed by atoms with van der Waals surface area (Å²) in [7, 11) is -3.33.